The highest BCUT2D eigenvalue weighted by molar-refractivity contribution is 5.94. The number of amides is 1. The molecule has 23 heavy (non-hydrogen) atoms. The van der Waals surface area contributed by atoms with Gasteiger partial charge in [-0.3, -0.25) is 4.79 Å². The van der Waals surface area contributed by atoms with E-state index in [9.17, 15) is 18.0 Å². The van der Waals surface area contributed by atoms with Gasteiger partial charge < -0.3 is 9.42 Å². The Morgan fingerprint density at radius 1 is 1.26 bits per heavy atom. The third-order valence-corrected chi connectivity index (χ3v) is 3.04. The fourth-order valence-corrected chi connectivity index (χ4v) is 2.07. The van der Waals surface area contributed by atoms with Gasteiger partial charge in [0.25, 0.3) is 5.91 Å². The Labute approximate surface area is 131 Å². The number of aromatic nitrogens is 2. The molecule has 0 N–H and O–H groups in total. The summed E-state index contributed by atoms with van der Waals surface area (Å²) in [4.78, 5) is 17.1. The topological polar surface area (TPSA) is 59.2 Å². The average Bonchev–Trinajstić information content (AvgIpc) is 2.96. The van der Waals surface area contributed by atoms with Crippen molar-refractivity contribution in [3.8, 4) is 11.4 Å². The van der Waals surface area contributed by atoms with Gasteiger partial charge in [0.1, 0.15) is 0 Å². The van der Waals surface area contributed by atoms with E-state index in [0.29, 0.717) is 23.6 Å². The van der Waals surface area contributed by atoms with Crippen LogP contribution in [0.4, 0.5) is 13.2 Å². The predicted octanol–water partition coefficient (Wildman–Crippen LogP) is 3.48. The van der Waals surface area contributed by atoms with E-state index in [4.69, 9.17) is 0 Å². The molecule has 1 aromatic heterocycles. The molecule has 1 heterocycles. The first kappa shape index (κ1) is 17.0. The molecule has 2 aromatic rings. The summed E-state index contributed by atoms with van der Waals surface area (Å²) in [5.74, 6) is -1.39. The molecule has 1 amide bonds. The first-order chi connectivity index (χ1) is 10.7. The monoisotopic (exact) mass is 327 g/mol. The molecule has 0 bridgehead atoms. The van der Waals surface area contributed by atoms with E-state index in [-0.39, 0.29) is 11.7 Å². The molecule has 0 aliphatic heterocycles. The Morgan fingerprint density at radius 2 is 1.87 bits per heavy atom. The molecule has 0 fully saturated rings. The zero-order valence-electron chi connectivity index (χ0n) is 12.9. The summed E-state index contributed by atoms with van der Waals surface area (Å²) in [6, 6.07) is 6.03. The van der Waals surface area contributed by atoms with Crippen molar-refractivity contribution >= 4 is 5.91 Å². The molecule has 0 unspecified atom stereocenters. The Bertz CT molecular complexity index is 678. The molecule has 0 saturated heterocycles. The second-order valence-electron chi connectivity index (χ2n) is 5.58. The lowest BCUT2D eigenvalue weighted by Crippen LogP contribution is -2.30. The summed E-state index contributed by atoms with van der Waals surface area (Å²) >= 11 is 0. The van der Waals surface area contributed by atoms with Crippen LogP contribution in [0.2, 0.25) is 0 Å². The highest BCUT2D eigenvalue weighted by atomic mass is 19.4. The number of benzene rings is 1. The van der Waals surface area contributed by atoms with Crippen molar-refractivity contribution in [2.75, 3.05) is 13.6 Å². The molecule has 124 valence electrons. The fraction of sp³-hybridized carbons (Fsp3) is 0.400. The second-order valence-corrected chi connectivity index (χ2v) is 5.58. The number of halogens is 3. The molecule has 0 atom stereocenters. The molecule has 0 saturated carbocycles. The number of carbonyl (C=O) groups excluding carboxylic acids is 1. The largest absolute Gasteiger partial charge is 0.471 e. The molecule has 0 aliphatic rings. The number of hydrogen-bond donors (Lipinski definition) is 0. The molecular weight excluding hydrogens is 311 g/mol. The van der Waals surface area contributed by atoms with E-state index in [2.05, 4.69) is 14.7 Å². The van der Waals surface area contributed by atoms with E-state index in [1.54, 1.807) is 11.9 Å². The maximum absolute atomic E-state index is 12.4. The minimum atomic E-state index is -4.68. The first-order valence-corrected chi connectivity index (χ1v) is 6.95. The van der Waals surface area contributed by atoms with Crippen LogP contribution >= 0.6 is 0 Å². The summed E-state index contributed by atoms with van der Waals surface area (Å²) in [5, 5.41) is 3.30. The Balaban J connectivity index is 2.16. The smallest absolute Gasteiger partial charge is 0.341 e. The number of alkyl halides is 3. The zero-order valence-corrected chi connectivity index (χ0v) is 12.9. The molecule has 0 radical (unpaired) electrons. The van der Waals surface area contributed by atoms with Crippen molar-refractivity contribution < 1.29 is 22.5 Å². The van der Waals surface area contributed by atoms with Crippen LogP contribution in [-0.2, 0) is 6.18 Å². The van der Waals surface area contributed by atoms with Gasteiger partial charge in [-0.2, -0.15) is 18.2 Å². The molecule has 0 spiro atoms. The quantitative estimate of drug-likeness (QED) is 0.862. The Morgan fingerprint density at radius 3 is 2.35 bits per heavy atom. The van der Waals surface area contributed by atoms with Crippen LogP contribution in [0.5, 0.6) is 0 Å². The van der Waals surface area contributed by atoms with Gasteiger partial charge in [0, 0.05) is 24.7 Å². The summed E-state index contributed by atoms with van der Waals surface area (Å²) in [7, 11) is 1.70. The lowest BCUT2D eigenvalue weighted by Gasteiger charge is -2.19. The molecule has 1 aromatic carbocycles. The number of nitrogens with zero attached hydrogens (tertiary/aromatic N) is 3. The van der Waals surface area contributed by atoms with Crippen LogP contribution in [0.15, 0.2) is 28.8 Å². The van der Waals surface area contributed by atoms with Crippen LogP contribution in [0, 0.1) is 5.92 Å². The molecule has 5 nitrogen and oxygen atoms in total. The van der Waals surface area contributed by atoms with Crippen LogP contribution < -0.4 is 0 Å². The van der Waals surface area contributed by atoms with Crippen molar-refractivity contribution in [3.63, 3.8) is 0 Å². The van der Waals surface area contributed by atoms with Crippen molar-refractivity contribution in [1.29, 1.82) is 0 Å². The molecule has 0 aliphatic carbocycles. The summed E-state index contributed by atoms with van der Waals surface area (Å²) in [5.41, 5.74) is 0.781. The average molecular weight is 327 g/mol. The second kappa shape index (κ2) is 6.39. The van der Waals surface area contributed by atoms with Crippen LogP contribution in [-0.4, -0.2) is 34.5 Å². The van der Waals surface area contributed by atoms with Crippen LogP contribution in [0.3, 0.4) is 0 Å². The van der Waals surface area contributed by atoms with E-state index in [0.717, 1.165) is 0 Å². The van der Waals surface area contributed by atoms with Gasteiger partial charge in [-0.25, -0.2) is 0 Å². The third kappa shape index (κ3) is 4.08. The van der Waals surface area contributed by atoms with Gasteiger partial charge >= 0.3 is 12.1 Å². The van der Waals surface area contributed by atoms with E-state index >= 15 is 0 Å². The number of carbonyl (C=O) groups is 1. The SMILES string of the molecule is CC(C)CN(C)C(=O)c1ccc(-c2noc(C(F)(F)F)n2)cc1. The zero-order chi connectivity index (χ0) is 17.2. The standard InChI is InChI=1S/C15H16F3N3O2/c1-9(2)8-21(3)13(22)11-6-4-10(5-7-11)12-19-14(23-20-12)15(16,17)18/h4-7,9H,8H2,1-3H3. The molecule has 2 rings (SSSR count). The van der Waals surface area contributed by atoms with E-state index < -0.39 is 12.1 Å². The van der Waals surface area contributed by atoms with Crippen molar-refractivity contribution in [3.05, 3.63) is 35.7 Å². The fourth-order valence-electron chi connectivity index (χ4n) is 2.07. The summed E-state index contributed by atoms with van der Waals surface area (Å²) in [6.45, 7) is 4.61. The summed E-state index contributed by atoms with van der Waals surface area (Å²) in [6.07, 6.45) is -4.68. The third-order valence-electron chi connectivity index (χ3n) is 3.04. The van der Waals surface area contributed by atoms with E-state index in [1.165, 1.54) is 24.3 Å². The van der Waals surface area contributed by atoms with Crippen molar-refractivity contribution in [2.24, 2.45) is 5.92 Å². The minimum absolute atomic E-state index is 0.158. The Hall–Kier alpha value is -2.38. The van der Waals surface area contributed by atoms with Crippen LogP contribution in [0.25, 0.3) is 11.4 Å². The highest BCUT2D eigenvalue weighted by Gasteiger charge is 2.38. The lowest BCUT2D eigenvalue weighted by atomic mass is 10.1. The number of rotatable bonds is 4. The maximum atomic E-state index is 12.4. The van der Waals surface area contributed by atoms with Gasteiger partial charge in [0.2, 0.25) is 5.82 Å². The first-order valence-electron chi connectivity index (χ1n) is 6.95. The van der Waals surface area contributed by atoms with Crippen molar-refractivity contribution in [1.82, 2.24) is 15.0 Å². The van der Waals surface area contributed by atoms with Gasteiger partial charge in [-0.05, 0) is 18.1 Å². The Kier molecular flexibility index (Phi) is 4.72. The van der Waals surface area contributed by atoms with Gasteiger partial charge in [-0.15, -0.1) is 0 Å². The van der Waals surface area contributed by atoms with Crippen LogP contribution in [0.1, 0.15) is 30.1 Å². The summed E-state index contributed by atoms with van der Waals surface area (Å²) < 4.78 is 41.5. The lowest BCUT2D eigenvalue weighted by molar-refractivity contribution is -0.159. The van der Waals surface area contributed by atoms with Gasteiger partial charge in [0.05, 0.1) is 0 Å². The minimum Gasteiger partial charge on any atom is -0.341 e. The molecular formula is C15H16F3N3O2. The maximum Gasteiger partial charge on any atom is 0.471 e. The van der Waals surface area contributed by atoms with E-state index in [1.807, 2.05) is 13.8 Å². The number of hydrogen-bond acceptors (Lipinski definition) is 4. The van der Waals surface area contributed by atoms with Gasteiger partial charge in [0.15, 0.2) is 0 Å². The van der Waals surface area contributed by atoms with Gasteiger partial charge in [-0.1, -0.05) is 31.1 Å². The normalized spacial score (nSPS) is 11.8. The predicted molar refractivity (Wildman–Crippen MR) is 76.5 cm³/mol. The van der Waals surface area contributed by atoms with Crippen molar-refractivity contribution in [2.45, 2.75) is 20.0 Å². The molecule has 8 heteroatoms. The highest BCUT2D eigenvalue weighted by Crippen LogP contribution is 2.29.